The van der Waals surface area contributed by atoms with Gasteiger partial charge in [-0.3, -0.25) is 4.79 Å². The molecule has 1 aromatic rings. The van der Waals surface area contributed by atoms with Crippen LogP contribution in [0, 0.1) is 5.92 Å². The summed E-state index contributed by atoms with van der Waals surface area (Å²) < 4.78 is 0. The molecule has 0 saturated heterocycles. The first-order valence-corrected chi connectivity index (χ1v) is 6.73. The van der Waals surface area contributed by atoms with E-state index in [1.54, 1.807) is 18.2 Å². The van der Waals surface area contributed by atoms with Crippen LogP contribution in [-0.4, -0.2) is 23.4 Å². The third kappa shape index (κ3) is 2.96. The fourth-order valence-electron chi connectivity index (χ4n) is 2.06. The minimum absolute atomic E-state index is 0.0281. The first-order valence-electron chi connectivity index (χ1n) is 6.35. The molecule has 3 nitrogen and oxygen atoms in total. The fraction of sp³-hybridized carbons (Fsp3) is 0.500. The molecule has 1 aromatic carbocycles. The molecule has 2 rings (SSSR count). The van der Waals surface area contributed by atoms with Crippen LogP contribution in [0.2, 0.25) is 5.02 Å². The zero-order valence-electron chi connectivity index (χ0n) is 10.8. The molecule has 1 saturated carbocycles. The van der Waals surface area contributed by atoms with Gasteiger partial charge in [-0.05, 0) is 37.0 Å². The van der Waals surface area contributed by atoms with Crippen molar-refractivity contribution in [1.82, 2.24) is 4.90 Å². The molecular formula is C14H19ClN2O. The highest BCUT2D eigenvalue weighted by atomic mass is 35.5. The van der Waals surface area contributed by atoms with Crippen LogP contribution in [0.25, 0.3) is 0 Å². The smallest absolute Gasteiger partial charge is 0.256 e. The summed E-state index contributed by atoms with van der Waals surface area (Å²) in [7, 11) is 0. The second-order valence-electron chi connectivity index (χ2n) is 5.31. The highest BCUT2D eigenvalue weighted by Crippen LogP contribution is 2.30. The molecule has 2 N–H and O–H groups in total. The molecule has 0 heterocycles. The van der Waals surface area contributed by atoms with E-state index in [9.17, 15) is 4.79 Å². The Morgan fingerprint density at radius 2 is 2.17 bits per heavy atom. The molecule has 4 heteroatoms. The third-order valence-electron chi connectivity index (χ3n) is 3.05. The number of anilines is 1. The summed E-state index contributed by atoms with van der Waals surface area (Å²) in [6.45, 7) is 5.02. The lowest BCUT2D eigenvalue weighted by molar-refractivity contribution is 0.0723. The van der Waals surface area contributed by atoms with Crippen molar-refractivity contribution >= 4 is 23.2 Å². The molecule has 18 heavy (non-hydrogen) atoms. The molecule has 1 aliphatic carbocycles. The van der Waals surface area contributed by atoms with E-state index in [0.29, 0.717) is 28.2 Å². The molecule has 0 bridgehead atoms. The maximum Gasteiger partial charge on any atom is 0.256 e. The van der Waals surface area contributed by atoms with E-state index in [4.69, 9.17) is 17.3 Å². The van der Waals surface area contributed by atoms with Crippen molar-refractivity contribution in [3.05, 3.63) is 28.8 Å². The number of hydrogen-bond acceptors (Lipinski definition) is 2. The van der Waals surface area contributed by atoms with Crippen LogP contribution in [0.15, 0.2) is 18.2 Å². The number of rotatable bonds is 4. The average Bonchev–Trinajstić information content (AvgIpc) is 3.08. The Labute approximate surface area is 113 Å². The lowest BCUT2D eigenvalue weighted by Gasteiger charge is -2.25. The van der Waals surface area contributed by atoms with Crippen molar-refractivity contribution in [3.63, 3.8) is 0 Å². The first-order chi connectivity index (χ1) is 8.49. The van der Waals surface area contributed by atoms with E-state index in [2.05, 4.69) is 13.8 Å². The zero-order valence-corrected chi connectivity index (χ0v) is 11.6. The molecular weight excluding hydrogens is 248 g/mol. The summed E-state index contributed by atoms with van der Waals surface area (Å²) >= 11 is 5.86. The molecule has 0 radical (unpaired) electrons. The van der Waals surface area contributed by atoms with E-state index >= 15 is 0 Å². The quantitative estimate of drug-likeness (QED) is 0.851. The van der Waals surface area contributed by atoms with Gasteiger partial charge in [0.1, 0.15) is 0 Å². The monoisotopic (exact) mass is 266 g/mol. The fourth-order valence-corrected chi connectivity index (χ4v) is 2.24. The zero-order chi connectivity index (χ0) is 13.3. The molecule has 98 valence electrons. The number of nitrogen functional groups attached to an aromatic ring is 1. The van der Waals surface area contributed by atoms with Gasteiger partial charge in [0.2, 0.25) is 0 Å². The van der Waals surface area contributed by atoms with Crippen molar-refractivity contribution in [2.75, 3.05) is 12.3 Å². The highest BCUT2D eigenvalue weighted by Gasteiger charge is 2.33. The Morgan fingerprint density at radius 1 is 1.50 bits per heavy atom. The van der Waals surface area contributed by atoms with Gasteiger partial charge >= 0.3 is 0 Å². The largest absolute Gasteiger partial charge is 0.398 e. The summed E-state index contributed by atoms with van der Waals surface area (Å²) in [5.41, 5.74) is 6.90. The number of hydrogen-bond donors (Lipinski definition) is 1. The van der Waals surface area contributed by atoms with Crippen LogP contribution < -0.4 is 5.73 Å². The average molecular weight is 267 g/mol. The van der Waals surface area contributed by atoms with Crippen LogP contribution in [0.3, 0.4) is 0 Å². The molecule has 0 spiro atoms. The Kier molecular flexibility index (Phi) is 3.81. The minimum Gasteiger partial charge on any atom is -0.398 e. The maximum absolute atomic E-state index is 12.5. The van der Waals surface area contributed by atoms with Gasteiger partial charge in [-0.15, -0.1) is 0 Å². The summed E-state index contributed by atoms with van der Waals surface area (Å²) in [5.74, 6) is 0.489. The van der Waals surface area contributed by atoms with E-state index in [1.165, 1.54) is 0 Å². The lowest BCUT2D eigenvalue weighted by Crippen LogP contribution is -2.36. The summed E-state index contributed by atoms with van der Waals surface area (Å²) in [4.78, 5) is 14.4. The number of amides is 1. The topological polar surface area (TPSA) is 46.3 Å². The molecule has 1 fully saturated rings. The van der Waals surface area contributed by atoms with Gasteiger partial charge < -0.3 is 10.6 Å². The van der Waals surface area contributed by atoms with Gasteiger partial charge in [-0.1, -0.05) is 25.4 Å². The van der Waals surface area contributed by atoms with Crippen LogP contribution in [0.1, 0.15) is 37.0 Å². The van der Waals surface area contributed by atoms with E-state index < -0.39 is 0 Å². The molecule has 0 aliphatic heterocycles. The second-order valence-corrected chi connectivity index (χ2v) is 5.75. The Hall–Kier alpha value is -1.22. The number of nitrogens with two attached hydrogens (primary N) is 1. The third-order valence-corrected chi connectivity index (χ3v) is 3.29. The predicted molar refractivity (Wildman–Crippen MR) is 74.8 cm³/mol. The maximum atomic E-state index is 12.5. The van der Waals surface area contributed by atoms with E-state index in [1.807, 2.05) is 4.90 Å². The normalized spacial score (nSPS) is 14.9. The van der Waals surface area contributed by atoms with Crippen molar-refractivity contribution in [1.29, 1.82) is 0 Å². The van der Waals surface area contributed by atoms with Gasteiger partial charge in [0.25, 0.3) is 5.91 Å². The van der Waals surface area contributed by atoms with Gasteiger partial charge in [-0.25, -0.2) is 0 Å². The van der Waals surface area contributed by atoms with Crippen LogP contribution in [0.5, 0.6) is 0 Å². The van der Waals surface area contributed by atoms with Gasteiger partial charge in [0.15, 0.2) is 0 Å². The summed E-state index contributed by atoms with van der Waals surface area (Å²) in [6.07, 6.45) is 2.21. The number of benzene rings is 1. The van der Waals surface area contributed by atoms with Crippen LogP contribution >= 0.6 is 11.6 Å². The number of carbonyl (C=O) groups excluding carboxylic acids is 1. The molecule has 0 aromatic heterocycles. The lowest BCUT2D eigenvalue weighted by atomic mass is 10.1. The Morgan fingerprint density at radius 3 is 2.67 bits per heavy atom. The first kappa shape index (κ1) is 13.2. The number of nitrogens with zero attached hydrogens (tertiary/aromatic N) is 1. The minimum atomic E-state index is 0.0281. The van der Waals surface area contributed by atoms with Crippen molar-refractivity contribution in [2.24, 2.45) is 5.92 Å². The van der Waals surface area contributed by atoms with Gasteiger partial charge in [-0.2, -0.15) is 0 Å². The van der Waals surface area contributed by atoms with Crippen LogP contribution in [0.4, 0.5) is 5.69 Å². The highest BCUT2D eigenvalue weighted by molar-refractivity contribution is 6.31. The molecule has 1 aliphatic rings. The molecule has 1 amide bonds. The van der Waals surface area contributed by atoms with E-state index in [-0.39, 0.29) is 5.91 Å². The van der Waals surface area contributed by atoms with Gasteiger partial charge in [0, 0.05) is 23.3 Å². The van der Waals surface area contributed by atoms with Crippen molar-refractivity contribution < 1.29 is 4.79 Å². The van der Waals surface area contributed by atoms with Crippen LogP contribution in [-0.2, 0) is 0 Å². The Balaban J connectivity index is 2.22. The standard InChI is InChI=1S/C14H19ClN2O/c1-9(2)8-17(11-4-5-11)14(18)12-6-3-10(15)7-13(12)16/h3,6-7,9,11H,4-5,8,16H2,1-2H3. The number of carbonyl (C=O) groups is 1. The van der Waals surface area contributed by atoms with E-state index in [0.717, 1.165) is 19.4 Å². The predicted octanol–water partition coefficient (Wildman–Crippen LogP) is 3.18. The van der Waals surface area contributed by atoms with Crippen molar-refractivity contribution in [2.45, 2.75) is 32.7 Å². The van der Waals surface area contributed by atoms with Gasteiger partial charge in [0.05, 0.1) is 5.56 Å². The molecule has 0 unspecified atom stereocenters. The van der Waals surface area contributed by atoms with Crippen molar-refractivity contribution in [3.8, 4) is 0 Å². The molecule has 0 atom stereocenters. The Bertz CT molecular complexity index is 455. The summed E-state index contributed by atoms with van der Waals surface area (Å²) in [5, 5.41) is 0.561. The number of halogens is 1. The second kappa shape index (κ2) is 5.19. The summed E-state index contributed by atoms with van der Waals surface area (Å²) in [6, 6.07) is 5.46. The SMILES string of the molecule is CC(C)CN(C(=O)c1ccc(Cl)cc1N)C1CC1.